The van der Waals surface area contributed by atoms with Gasteiger partial charge in [0.15, 0.2) is 0 Å². The molecule has 5 aromatic rings. The second kappa shape index (κ2) is 7.54. The minimum Gasteiger partial charge on any atom is -0.481 e. The molecule has 5 heteroatoms. The topological polar surface area (TPSA) is 80.6 Å². The molecule has 158 valence electrons. The van der Waals surface area contributed by atoms with Crippen LogP contribution in [0.1, 0.15) is 16.7 Å². The number of carboxylic acids is 1. The number of rotatable bonds is 4. The van der Waals surface area contributed by atoms with Crippen molar-refractivity contribution in [3.05, 3.63) is 94.0 Å². The molecule has 0 aliphatic carbocycles. The van der Waals surface area contributed by atoms with Gasteiger partial charge in [-0.15, -0.1) is 0 Å². The largest absolute Gasteiger partial charge is 0.481 e. The van der Waals surface area contributed by atoms with E-state index in [0.29, 0.717) is 22.3 Å². The summed E-state index contributed by atoms with van der Waals surface area (Å²) in [5.74, 6) is -1.07. The van der Waals surface area contributed by atoms with E-state index in [4.69, 9.17) is 8.83 Å². The van der Waals surface area contributed by atoms with Gasteiger partial charge in [-0.1, -0.05) is 54.6 Å². The highest BCUT2D eigenvalue weighted by molar-refractivity contribution is 6.05. The molecule has 3 aromatic carbocycles. The van der Waals surface area contributed by atoms with Crippen LogP contribution in [0.25, 0.3) is 44.2 Å². The molecule has 0 saturated carbocycles. The monoisotopic (exact) mass is 424 g/mol. The van der Waals surface area contributed by atoms with E-state index in [0.717, 1.165) is 33.0 Å². The third kappa shape index (κ3) is 3.19. The molecule has 0 aliphatic rings. The van der Waals surface area contributed by atoms with E-state index in [1.165, 1.54) is 0 Å². The molecule has 0 amide bonds. The molecular formula is C27H20O5. The summed E-state index contributed by atoms with van der Waals surface area (Å²) in [7, 11) is 0. The molecule has 2 aromatic heterocycles. The Balaban J connectivity index is 1.68. The fraction of sp³-hybridized carbons (Fsp3) is 0.111. The first-order valence-electron chi connectivity index (χ1n) is 10.3. The minimum atomic E-state index is -1.07. The number of benzene rings is 3. The van der Waals surface area contributed by atoms with Crippen LogP contribution in [0.2, 0.25) is 0 Å². The maximum Gasteiger partial charge on any atom is 0.340 e. The molecule has 0 atom stereocenters. The van der Waals surface area contributed by atoms with Crippen molar-refractivity contribution in [2.75, 3.05) is 0 Å². The average molecular weight is 424 g/mol. The van der Waals surface area contributed by atoms with Gasteiger partial charge in [0.2, 0.25) is 0 Å². The average Bonchev–Trinajstić information content (AvgIpc) is 3.22. The highest BCUT2D eigenvalue weighted by atomic mass is 16.4. The molecule has 0 unspecified atom stereocenters. The van der Waals surface area contributed by atoms with Crippen molar-refractivity contribution in [3.63, 3.8) is 0 Å². The summed E-state index contributed by atoms with van der Waals surface area (Å²) in [6, 6.07) is 20.4. The number of aliphatic carboxylic acids is 1. The second-order valence-electron chi connectivity index (χ2n) is 7.91. The maximum atomic E-state index is 12.4. The molecule has 2 heterocycles. The second-order valence-corrected chi connectivity index (χ2v) is 7.91. The van der Waals surface area contributed by atoms with Crippen molar-refractivity contribution in [2.45, 2.75) is 20.3 Å². The number of hydrogen-bond acceptors (Lipinski definition) is 4. The molecule has 5 nitrogen and oxygen atoms in total. The lowest BCUT2D eigenvalue weighted by Gasteiger charge is -2.09. The van der Waals surface area contributed by atoms with E-state index in [1.54, 1.807) is 13.2 Å². The van der Waals surface area contributed by atoms with Crippen LogP contribution in [-0.4, -0.2) is 11.1 Å². The molecule has 0 saturated heterocycles. The fourth-order valence-electron chi connectivity index (χ4n) is 4.25. The van der Waals surface area contributed by atoms with E-state index < -0.39 is 11.6 Å². The smallest absolute Gasteiger partial charge is 0.340 e. The van der Waals surface area contributed by atoms with E-state index in [-0.39, 0.29) is 12.0 Å². The van der Waals surface area contributed by atoms with Crippen LogP contribution in [0.5, 0.6) is 0 Å². The summed E-state index contributed by atoms with van der Waals surface area (Å²) in [5.41, 5.74) is 6.15. The Hall–Kier alpha value is -4.12. The molecule has 0 spiro atoms. The van der Waals surface area contributed by atoms with Crippen molar-refractivity contribution in [1.29, 1.82) is 0 Å². The molecule has 0 fully saturated rings. The molecule has 1 N–H and O–H groups in total. The first-order valence-corrected chi connectivity index (χ1v) is 10.3. The number of aryl methyl sites for hydroxylation is 2. The summed E-state index contributed by atoms with van der Waals surface area (Å²) < 4.78 is 11.4. The summed E-state index contributed by atoms with van der Waals surface area (Å²) in [4.78, 5) is 23.6. The first-order chi connectivity index (χ1) is 15.4. The van der Waals surface area contributed by atoms with Crippen LogP contribution in [0.15, 0.2) is 80.6 Å². The molecule has 0 aliphatic heterocycles. The lowest BCUT2D eigenvalue weighted by Crippen LogP contribution is -2.15. The SMILES string of the molecule is Cc1c(CC(=O)O)c(=O)oc2c(C)c3occ(-c4ccc(-c5ccccc5)cc4)c3cc12. The van der Waals surface area contributed by atoms with Crippen molar-refractivity contribution in [2.24, 2.45) is 0 Å². The Morgan fingerprint density at radius 2 is 1.50 bits per heavy atom. The van der Waals surface area contributed by atoms with Crippen molar-refractivity contribution in [3.8, 4) is 22.3 Å². The van der Waals surface area contributed by atoms with E-state index in [9.17, 15) is 14.7 Å². The Morgan fingerprint density at radius 3 is 2.19 bits per heavy atom. The molecule has 0 radical (unpaired) electrons. The number of hydrogen-bond donors (Lipinski definition) is 1. The van der Waals surface area contributed by atoms with Crippen LogP contribution >= 0.6 is 0 Å². The Morgan fingerprint density at radius 1 is 0.844 bits per heavy atom. The Labute approximate surface area is 183 Å². The summed E-state index contributed by atoms with van der Waals surface area (Å²) in [6.45, 7) is 3.60. The fourth-order valence-corrected chi connectivity index (χ4v) is 4.25. The van der Waals surface area contributed by atoms with Gasteiger partial charge in [0.05, 0.1) is 18.2 Å². The van der Waals surface area contributed by atoms with Gasteiger partial charge in [0.1, 0.15) is 11.2 Å². The number of carbonyl (C=O) groups is 1. The van der Waals surface area contributed by atoms with Crippen LogP contribution in [0.4, 0.5) is 0 Å². The maximum absolute atomic E-state index is 12.4. The predicted molar refractivity (Wildman–Crippen MR) is 124 cm³/mol. The highest BCUT2D eigenvalue weighted by Gasteiger charge is 2.20. The third-order valence-electron chi connectivity index (χ3n) is 5.97. The van der Waals surface area contributed by atoms with Crippen LogP contribution < -0.4 is 5.63 Å². The van der Waals surface area contributed by atoms with E-state index in [1.807, 2.05) is 31.2 Å². The highest BCUT2D eigenvalue weighted by Crippen LogP contribution is 2.37. The predicted octanol–water partition coefficient (Wildman–Crippen LogP) is 6.12. The van der Waals surface area contributed by atoms with Crippen molar-refractivity contribution >= 4 is 27.9 Å². The zero-order chi connectivity index (χ0) is 22.4. The lowest BCUT2D eigenvalue weighted by atomic mass is 9.96. The van der Waals surface area contributed by atoms with Gasteiger partial charge < -0.3 is 13.9 Å². The number of fused-ring (bicyclic) bond motifs is 2. The van der Waals surface area contributed by atoms with Gasteiger partial charge in [-0.3, -0.25) is 4.79 Å². The van der Waals surface area contributed by atoms with Gasteiger partial charge in [-0.25, -0.2) is 4.79 Å². The zero-order valence-electron chi connectivity index (χ0n) is 17.6. The van der Waals surface area contributed by atoms with Crippen molar-refractivity contribution < 1.29 is 18.7 Å². The molecule has 32 heavy (non-hydrogen) atoms. The van der Waals surface area contributed by atoms with Crippen molar-refractivity contribution in [1.82, 2.24) is 0 Å². The van der Waals surface area contributed by atoms with Crippen LogP contribution in [0.3, 0.4) is 0 Å². The minimum absolute atomic E-state index is 0.168. The molecular weight excluding hydrogens is 404 g/mol. The summed E-state index contributed by atoms with van der Waals surface area (Å²) in [5, 5.41) is 10.8. The first kappa shape index (κ1) is 19.8. The van der Waals surface area contributed by atoms with Gasteiger partial charge >= 0.3 is 11.6 Å². The molecule has 5 rings (SSSR count). The summed E-state index contributed by atoms with van der Waals surface area (Å²) >= 11 is 0. The normalized spacial score (nSPS) is 11.3. The number of furan rings is 1. The molecule has 0 bridgehead atoms. The Bertz CT molecular complexity index is 1540. The van der Waals surface area contributed by atoms with E-state index in [2.05, 4.69) is 36.4 Å². The number of carboxylic acid groups (broad SMARTS) is 1. The van der Waals surface area contributed by atoms with Crippen LogP contribution in [0, 0.1) is 13.8 Å². The van der Waals surface area contributed by atoms with Gasteiger partial charge in [-0.2, -0.15) is 0 Å². The van der Waals surface area contributed by atoms with Gasteiger partial charge in [0.25, 0.3) is 0 Å². The van der Waals surface area contributed by atoms with Crippen LogP contribution in [-0.2, 0) is 11.2 Å². The van der Waals surface area contributed by atoms with E-state index >= 15 is 0 Å². The van der Waals surface area contributed by atoms with Gasteiger partial charge in [-0.05, 0) is 42.2 Å². The third-order valence-corrected chi connectivity index (χ3v) is 5.97. The Kier molecular flexibility index (Phi) is 4.67. The standard InChI is InChI=1S/C27H20O5/c1-15-20-12-22-23(19-10-8-18(9-11-19)17-6-4-3-5-7-17)14-31-25(22)16(2)26(20)32-27(30)21(15)13-24(28)29/h3-12,14H,13H2,1-2H3,(H,28,29). The quantitative estimate of drug-likeness (QED) is 0.352. The summed E-state index contributed by atoms with van der Waals surface area (Å²) in [6.07, 6.45) is 1.33. The van der Waals surface area contributed by atoms with Gasteiger partial charge in [0, 0.05) is 21.9 Å². The zero-order valence-corrected chi connectivity index (χ0v) is 17.6. The lowest BCUT2D eigenvalue weighted by molar-refractivity contribution is -0.136.